The lowest BCUT2D eigenvalue weighted by Gasteiger charge is -2.37. The summed E-state index contributed by atoms with van der Waals surface area (Å²) in [6.07, 6.45) is -4.61. The molecule has 1 aliphatic rings. The fraction of sp³-hybridized carbons (Fsp3) is 0.435. The van der Waals surface area contributed by atoms with Crippen molar-refractivity contribution in [3.05, 3.63) is 53.1 Å². The predicted octanol–water partition coefficient (Wildman–Crippen LogP) is 4.39. The molecule has 2 aromatic carbocycles. The molecule has 1 fully saturated rings. The first-order valence-corrected chi connectivity index (χ1v) is 11.0. The zero-order valence-electron chi connectivity index (χ0n) is 18.5. The molecule has 1 heterocycles. The number of alkyl halides is 3. The normalized spacial score (nSPS) is 16.3. The molecule has 1 aliphatic heterocycles. The molecule has 0 saturated carbocycles. The number of halogens is 4. The molecule has 0 aliphatic carbocycles. The highest BCUT2D eigenvalue weighted by Crippen LogP contribution is 2.36. The van der Waals surface area contributed by atoms with Crippen LogP contribution in [0.15, 0.2) is 42.5 Å². The molecule has 2 aromatic rings. The second-order valence-electron chi connectivity index (χ2n) is 7.75. The van der Waals surface area contributed by atoms with E-state index >= 15 is 0 Å². The number of nitrogens with one attached hydrogen (secondary N) is 1. The molecule has 0 spiro atoms. The predicted molar refractivity (Wildman–Crippen MR) is 121 cm³/mol. The van der Waals surface area contributed by atoms with Gasteiger partial charge in [-0.2, -0.15) is 13.2 Å². The van der Waals surface area contributed by atoms with Crippen LogP contribution < -0.4 is 14.8 Å². The molecule has 1 N–H and O–H groups in total. The molecule has 33 heavy (non-hydrogen) atoms. The third-order valence-corrected chi connectivity index (χ3v) is 5.85. The molecule has 1 amide bonds. The van der Waals surface area contributed by atoms with Gasteiger partial charge in [0.15, 0.2) is 0 Å². The highest BCUT2D eigenvalue weighted by Gasteiger charge is 2.35. The molecule has 10 heteroatoms. The summed E-state index contributed by atoms with van der Waals surface area (Å²) >= 11 is 5.70. The second-order valence-corrected chi connectivity index (χ2v) is 8.19. The average Bonchev–Trinajstić information content (AvgIpc) is 2.80. The minimum Gasteiger partial charge on any atom is -0.497 e. The van der Waals surface area contributed by atoms with Gasteiger partial charge in [0.2, 0.25) is 5.91 Å². The number of amides is 1. The highest BCUT2D eigenvalue weighted by atomic mass is 35.5. The Morgan fingerprint density at radius 1 is 1.09 bits per heavy atom. The third kappa shape index (κ3) is 6.99. The van der Waals surface area contributed by atoms with Crippen LogP contribution in [0.2, 0.25) is 5.02 Å². The maximum Gasteiger partial charge on any atom is 0.418 e. The Labute approximate surface area is 196 Å². The first-order chi connectivity index (χ1) is 15.7. The Morgan fingerprint density at radius 2 is 1.73 bits per heavy atom. The number of anilines is 1. The Hall–Kier alpha value is -2.49. The quantitative estimate of drug-likeness (QED) is 0.601. The van der Waals surface area contributed by atoms with Crippen LogP contribution in [0.4, 0.5) is 18.9 Å². The van der Waals surface area contributed by atoms with Gasteiger partial charge in [-0.25, -0.2) is 0 Å². The van der Waals surface area contributed by atoms with Crippen molar-refractivity contribution in [3.8, 4) is 11.5 Å². The van der Waals surface area contributed by atoms with Crippen LogP contribution in [-0.2, 0) is 11.0 Å². The lowest BCUT2D eigenvalue weighted by atomic mass is 10.1. The van der Waals surface area contributed by atoms with Crippen molar-refractivity contribution >= 4 is 23.2 Å². The summed E-state index contributed by atoms with van der Waals surface area (Å²) in [5, 5.41) is 2.37. The van der Waals surface area contributed by atoms with Crippen LogP contribution in [0.3, 0.4) is 0 Å². The Balaban J connectivity index is 1.46. The molecule has 1 atom stereocenters. The molecule has 0 bridgehead atoms. The lowest BCUT2D eigenvalue weighted by Crippen LogP contribution is -2.53. The number of carbonyl (C=O) groups excluding carboxylic acids is 1. The highest BCUT2D eigenvalue weighted by molar-refractivity contribution is 6.30. The van der Waals surface area contributed by atoms with Gasteiger partial charge in [-0.1, -0.05) is 11.6 Å². The second kappa shape index (κ2) is 11.1. The van der Waals surface area contributed by atoms with Crippen LogP contribution in [0.25, 0.3) is 0 Å². The summed E-state index contributed by atoms with van der Waals surface area (Å²) < 4.78 is 50.7. The fourth-order valence-electron chi connectivity index (χ4n) is 3.60. The van der Waals surface area contributed by atoms with Crippen molar-refractivity contribution in [1.82, 2.24) is 9.80 Å². The fourth-order valence-corrected chi connectivity index (χ4v) is 3.77. The van der Waals surface area contributed by atoms with Gasteiger partial charge in [-0.05, 0) is 49.4 Å². The van der Waals surface area contributed by atoms with Crippen molar-refractivity contribution in [2.45, 2.75) is 19.1 Å². The zero-order valence-corrected chi connectivity index (χ0v) is 19.2. The molecule has 180 valence electrons. The van der Waals surface area contributed by atoms with E-state index in [1.54, 1.807) is 14.0 Å². The first-order valence-electron chi connectivity index (χ1n) is 10.6. The molecule has 1 saturated heterocycles. The van der Waals surface area contributed by atoms with Crippen LogP contribution in [0, 0.1) is 0 Å². The largest absolute Gasteiger partial charge is 0.497 e. The van der Waals surface area contributed by atoms with Gasteiger partial charge in [0.1, 0.15) is 18.1 Å². The molecule has 0 radical (unpaired) electrons. The molecule has 6 nitrogen and oxygen atoms in total. The van der Waals surface area contributed by atoms with Gasteiger partial charge < -0.3 is 14.8 Å². The number of nitrogens with zero attached hydrogens (tertiary/aromatic N) is 2. The SMILES string of the molecule is COc1ccc(OCCN2CCN([C@@H](C)C(=O)Nc3ccc(Cl)cc3C(F)(F)F)CC2)cc1. The van der Waals surface area contributed by atoms with E-state index in [0.717, 1.165) is 37.2 Å². The van der Waals surface area contributed by atoms with E-state index in [-0.39, 0.29) is 10.7 Å². The number of benzene rings is 2. The summed E-state index contributed by atoms with van der Waals surface area (Å²) in [5.41, 5.74) is -1.25. The number of ether oxygens (including phenoxy) is 2. The van der Waals surface area contributed by atoms with Crippen LogP contribution in [-0.4, -0.2) is 68.2 Å². The number of methoxy groups -OCH3 is 1. The number of hydrogen-bond acceptors (Lipinski definition) is 5. The molecule has 0 unspecified atom stereocenters. The van der Waals surface area contributed by atoms with Crippen molar-refractivity contribution in [2.75, 3.05) is 51.8 Å². The van der Waals surface area contributed by atoms with Gasteiger partial charge >= 0.3 is 6.18 Å². The van der Waals surface area contributed by atoms with E-state index < -0.39 is 23.7 Å². The van der Waals surface area contributed by atoms with Gasteiger partial charge in [0.25, 0.3) is 0 Å². The number of hydrogen-bond donors (Lipinski definition) is 1. The molecular formula is C23H27ClF3N3O3. The van der Waals surface area contributed by atoms with E-state index in [0.29, 0.717) is 19.7 Å². The Morgan fingerprint density at radius 3 is 2.33 bits per heavy atom. The minimum absolute atomic E-state index is 0.0412. The number of rotatable bonds is 8. The lowest BCUT2D eigenvalue weighted by molar-refractivity contribution is -0.137. The minimum atomic E-state index is -4.61. The molecular weight excluding hydrogens is 459 g/mol. The third-order valence-electron chi connectivity index (χ3n) is 5.61. The van der Waals surface area contributed by atoms with E-state index in [4.69, 9.17) is 21.1 Å². The van der Waals surface area contributed by atoms with Crippen molar-refractivity contribution in [2.24, 2.45) is 0 Å². The van der Waals surface area contributed by atoms with Gasteiger partial charge in [0.05, 0.1) is 24.4 Å². The van der Waals surface area contributed by atoms with Gasteiger partial charge in [0, 0.05) is 37.7 Å². The maximum absolute atomic E-state index is 13.3. The summed E-state index contributed by atoms with van der Waals surface area (Å²) in [6.45, 7) is 5.69. The van der Waals surface area contributed by atoms with Gasteiger partial charge in [-0.15, -0.1) is 0 Å². The first kappa shape index (κ1) is 25.1. The average molecular weight is 486 g/mol. The molecule has 0 aromatic heterocycles. The monoisotopic (exact) mass is 485 g/mol. The topological polar surface area (TPSA) is 54.0 Å². The standard InChI is InChI=1S/C23H27ClF3N3O3/c1-16(22(31)28-21-8-3-17(24)15-20(21)23(25,26)27)30-11-9-29(10-12-30)13-14-33-19-6-4-18(32-2)5-7-19/h3-8,15-16H,9-14H2,1-2H3,(H,28,31)/t16-/m0/s1. The van der Waals surface area contributed by atoms with E-state index in [1.807, 2.05) is 29.2 Å². The Kier molecular flexibility index (Phi) is 8.45. The number of piperazine rings is 1. The van der Waals surface area contributed by atoms with E-state index in [2.05, 4.69) is 10.2 Å². The van der Waals surface area contributed by atoms with E-state index in [1.165, 1.54) is 12.1 Å². The molecule has 3 rings (SSSR count). The van der Waals surface area contributed by atoms with Crippen molar-refractivity contribution in [1.29, 1.82) is 0 Å². The van der Waals surface area contributed by atoms with Crippen LogP contribution in [0.5, 0.6) is 11.5 Å². The summed E-state index contributed by atoms with van der Waals surface area (Å²) in [5.74, 6) is 1.04. The van der Waals surface area contributed by atoms with Gasteiger partial charge in [-0.3, -0.25) is 14.6 Å². The van der Waals surface area contributed by atoms with E-state index in [9.17, 15) is 18.0 Å². The summed E-state index contributed by atoms with van der Waals surface area (Å²) in [7, 11) is 1.61. The Bertz CT molecular complexity index is 933. The van der Waals surface area contributed by atoms with Crippen molar-refractivity contribution in [3.63, 3.8) is 0 Å². The number of carbonyl (C=O) groups is 1. The smallest absolute Gasteiger partial charge is 0.418 e. The van der Waals surface area contributed by atoms with Crippen LogP contribution >= 0.6 is 11.6 Å². The van der Waals surface area contributed by atoms with Crippen LogP contribution in [0.1, 0.15) is 12.5 Å². The maximum atomic E-state index is 13.3. The zero-order chi connectivity index (χ0) is 24.0. The summed E-state index contributed by atoms with van der Waals surface area (Å²) in [6, 6.07) is 10.1. The van der Waals surface area contributed by atoms with Crippen molar-refractivity contribution < 1.29 is 27.4 Å². The summed E-state index contributed by atoms with van der Waals surface area (Å²) in [4.78, 5) is 16.8.